The van der Waals surface area contributed by atoms with Crippen LogP contribution in [0.4, 0.5) is 5.82 Å². The van der Waals surface area contributed by atoms with Crippen molar-refractivity contribution in [2.45, 2.75) is 70.4 Å². The number of rotatable bonds is 8. The van der Waals surface area contributed by atoms with E-state index >= 15 is 0 Å². The van der Waals surface area contributed by atoms with Crippen molar-refractivity contribution in [2.75, 3.05) is 11.9 Å². The van der Waals surface area contributed by atoms with E-state index in [1.165, 1.54) is 12.8 Å². The zero-order chi connectivity index (χ0) is 29.2. The van der Waals surface area contributed by atoms with E-state index in [-0.39, 0.29) is 11.9 Å². The Morgan fingerprint density at radius 3 is 2.29 bits per heavy atom. The lowest BCUT2D eigenvalue weighted by Gasteiger charge is -2.19. The van der Waals surface area contributed by atoms with Crippen molar-refractivity contribution in [1.82, 2.24) is 19.5 Å². The molecular formula is C31H32ClN5O5. The molecule has 0 amide bonds. The van der Waals surface area contributed by atoms with Crippen LogP contribution in [-0.4, -0.2) is 56.3 Å². The van der Waals surface area contributed by atoms with Gasteiger partial charge in [0.25, 0.3) is 0 Å². The minimum absolute atomic E-state index is 0.0914. The van der Waals surface area contributed by atoms with Crippen molar-refractivity contribution < 1.29 is 23.8 Å². The number of carbonyl (C=O) groups excluding carboxylic acids is 2. The SMILES string of the molecule is Cc1ccc(C(=O)OC[C@H]2O[C@@H](n3cnc4c(NC5CCCC5)nc(Cl)nc43)C[C@@H]2OC(=O)c2ccc(C)cc2)cc1. The lowest BCUT2D eigenvalue weighted by atomic mass is 10.1. The topological polar surface area (TPSA) is 117 Å². The summed E-state index contributed by atoms with van der Waals surface area (Å²) in [5.41, 5.74) is 4.01. The molecule has 1 aliphatic carbocycles. The zero-order valence-corrected chi connectivity index (χ0v) is 24.2. The van der Waals surface area contributed by atoms with Crippen molar-refractivity contribution in [3.63, 3.8) is 0 Å². The highest BCUT2D eigenvalue weighted by Gasteiger charge is 2.41. The van der Waals surface area contributed by atoms with Crippen molar-refractivity contribution in [3.8, 4) is 0 Å². The lowest BCUT2D eigenvalue weighted by molar-refractivity contribution is -0.0563. The Hall–Kier alpha value is -4.02. The summed E-state index contributed by atoms with van der Waals surface area (Å²) in [6, 6.07) is 14.6. The molecule has 42 heavy (non-hydrogen) atoms. The lowest BCUT2D eigenvalue weighted by Crippen LogP contribution is -2.32. The molecule has 4 aromatic rings. The van der Waals surface area contributed by atoms with Gasteiger partial charge in [-0.15, -0.1) is 0 Å². The molecule has 1 N–H and O–H groups in total. The number of benzene rings is 2. The maximum atomic E-state index is 13.1. The van der Waals surface area contributed by atoms with Crippen molar-refractivity contribution in [3.05, 3.63) is 82.4 Å². The van der Waals surface area contributed by atoms with Gasteiger partial charge in [-0.3, -0.25) is 4.57 Å². The zero-order valence-electron chi connectivity index (χ0n) is 23.5. The van der Waals surface area contributed by atoms with Crippen molar-refractivity contribution >= 4 is 40.5 Å². The number of halogens is 1. The van der Waals surface area contributed by atoms with Crippen LogP contribution in [-0.2, 0) is 14.2 Å². The number of ether oxygens (including phenoxy) is 3. The highest BCUT2D eigenvalue weighted by atomic mass is 35.5. The number of aryl methyl sites for hydroxylation is 2. The van der Waals surface area contributed by atoms with Crippen LogP contribution >= 0.6 is 11.6 Å². The van der Waals surface area contributed by atoms with E-state index in [1.54, 1.807) is 35.2 Å². The number of hydrogen-bond acceptors (Lipinski definition) is 9. The van der Waals surface area contributed by atoms with Crippen LogP contribution in [0.25, 0.3) is 11.2 Å². The van der Waals surface area contributed by atoms with Crippen LogP contribution in [0.2, 0.25) is 5.28 Å². The molecule has 218 valence electrons. The molecule has 3 atom stereocenters. The molecule has 2 fully saturated rings. The van der Waals surface area contributed by atoms with E-state index in [0.29, 0.717) is 40.6 Å². The highest BCUT2D eigenvalue weighted by Crippen LogP contribution is 2.35. The van der Waals surface area contributed by atoms with Crippen LogP contribution in [0.15, 0.2) is 54.9 Å². The number of nitrogens with zero attached hydrogens (tertiary/aromatic N) is 4. The van der Waals surface area contributed by atoms with E-state index in [4.69, 9.17) is 25.8 Å². The normalized spacial score (nSPS) is 20.6. The van der Waals surface area contributed by atoms with Crippen LogP contribution in [0.5, 0.6) is 0 Å². The molecule has 11 heteroatoms. The summed E-state index contributed by atoms with van der Waals surface area (Å²) in [6.45, 7) is 3.79. The molecule has 2 aliphatic rings. The Kier molecular flexibility index (Phi) is 8.08. The average Bonchev–Trinajstić information content (AvgIpc) is 3.73. The molecule has 6 rings (SSSR count). The average molecular weight is 590 g/mol. The summed E-state index contributed by atoms with van der Waals surface area (Å²) < 4.78 is 19.6. The number of hydrogen-bond donors (Lipinski definition) is 1. The van der Waals surface area contributed by atoms with Gasteiger partial charge in [-0.2, -0.15) is 9.97 Å². The maximum Gasteiger partial charge on any atom is 0.338 e. The molecule has 0 unspecified atom stereocenters. The number of carbonyl (C=O) groups is 2. The maximum absolute atomic E-state index is 13.1. The third-order valence-electron chi connectivity index (χ3n) is 7.79. The molecular weight excluding hydrogens is 558 g/mol. The fourth-order valence-corrected chi connectivity index (χ4v) is 5.60. The van der Waals surface area contributed by atoms with Crippen LogP contribution in [0.3, 0.4) is 0 Å². The number of imidazole rings is 1. The van der Waals surface area contributed by atoms with Gasteiger partial charge < -0.3 is 19.5 Å². The first kappa shape index (κ1) is 28.1. The summed E-state index contributed by atoms with van der Waals surface area (Å²) in [6.07, 6.45) is 4.37. The molecule has 10 nitrogen and oxygen atoms in total. The largest absolute Gasteiger partial charge is 0.459 e. The molecule has 3 heterocycles. The molecule has 0 bridgehead atoms. The van der Waals surface area contributed by atoms with Gasteiger partial charge in [-0.25, -0.2) is 14.6 Å². The van der Waals surface area contributed by atoms with E-state index in [0.717, 1.165) is 24.0 Å². The fraction of sp³-hybridized carbons (Fsp3) is 0.387. The first-order chi connectivity index (χ1) is 20.3. The third kappa shape index (κ3) is 6.10. The Labute approximate surface area is 248 Å². The molecule has 0 spiro atoms. The Morgan fingerprint density at radius 1 is 0.976 bits per heavy atom. The molecule has 1 saturated carbocycles. The number of fused-ring (bicyclic) bond motifs is 1. The summed E-state index contributed by atoms with van der Waals surface area (Å²) in [5.74, 6) is -0.386. The van der Waals surface area contributed by atoms with Gasteiger partial charge in [0.15, 0.2) is 17.0 Å². The quantitative estimate of drug-likeness (QED) is 0.200. The van der Waals surface area contributed by atoms with E-state index in [9.17, 15) is 9.59 Å². The third-order valence-corrected chi connectivity index (χ3v) is 7.96. The summed E-state index contributed by atoms with van der Waals surface area (Å²) in [5, 5.41) is 3.56. The smallest absolute Gasteiger partial charge is 0.338 e. The van der Waals surface area contributed by atoms with Crippen molar-refractivity contribution in [1.29, 1.82) is 0 Å². The van der Waals surface area contributed by atoms with E-state index in [2.05, 4.69) is 20.3 Å². The Bertz CT molecular complexity index is 1580. The summed E-state index contributed by atoms with van der Waals surface area (Å²) in [4.78, 5) is 39.2. The monoisotopic (exact) mass is 589 g/mol. The Morgan fingerprint density at radius 2 is 1.62 bits per heavy atom. The summed E-state index contributed by atoms with van der Waals surface area (Å²) in [7, 11) is 0. The standard InChI is InChI=1S/C31H32ClN5O5/c1-18-7-11-20(12-8-18)29(38)40-16-24-23(42-30(39)21-13-9-19(2)10-14-21)15-25(41-24)37-17-33-26-27(34-22-5-3-4-6-22)35-31(32)36-28(26)37/h7-14,17,22-25H,3-6,15-16H2,1-2H3,(H,34,35,36)/t23-,24+,25+/m0/s1. The van der Waals surface area contributed by atoms with Crippen LogP contribution in [0, 0.1) is 13.8 Å². The molecule has 2 aromatic carbocycles. The second-order valence-corrected chi connectivity index (χ2v) is 11.3. The first-order valence-corrected chi connectivity index (χ1v) is 14.6. The summed E-state index contributed by atoms with van der Waals surface area (Å²) >= 11 is 6.33. The van der Waals surface area contributed by atoms with Gasteiger partial charge >= 0.3 is 11.9 Å². The number of nitrogens with one attached hydrogen (secondary N) is 1. The minimum Gasteiger partial charge on any atom is -0.459 e. The van der Waals surface area contributed by atoms with Gasteiger partial charge in [0, 0.05) is 12.5 Å². The Balaban J connectivity index is 1.24. The molecule has 2 aromatic heterocycles. The van der Waals surface area contributed by atoms with Gasteiger partial charge in [0.05, 0.1) is 17.5 Å². The van der Waals surface area contributed by atoms with Crippen LogP contribution in [0.1, 0.15) is 70.2 Å². The van der Waals surface area contributed by atoms with E-state index in [1.807, 2.05) is 38.1 Å². The van der Waals surface area contributed by atoms with Gasteiger partial charge in [0.1, 0.15) is 25.0 Å². The van der Waals surface area contributed by atoms with Gasteiger partial charge in [-0.1, -0.05) is 48.2 Å². The predicted molar refractivity (Wildman–Crippen MR) is 157 cm³/mol. The molecule has 0 radical (unpaired) electrons. The van der Waals surface area contributed by atoms with Gasteiger partial charge in [-0.05, 0) is 62.6 Å². The van der Waals surface area contributed by atoms with Gasteiger partial charge in [0.2, 0.25) is 5.28 Å². The number of aromatic nitrogens is 4. The second kappa shape index (κ2) is 12.1. The van der Waals surface area contributed by atoms with Crippen LogP contribution < -0.4 is 5.32 Å². The fourth-order valence-electron chi connectivity index (χ4n) is 5.44. The molecule has 1 saturated heterocycles. The second-order valence-electron chi connectivity index (χ2n) is 10.9. The van der Waals surface area contributed by atoms with E-state index < -0.39 is 30.4 Å². The number of esters is 2. The highest BCUT2D eigenvalue weighted by molar-refractivity contribution is 6.28. The predicted octanol–water partition coefficient (Wildman–Crippen LogP) is 5.82. The van der Waals surface area contributed by atoms with Crippen molar-refractivity contribution in [2.24, 2.45) is 0 Å². The minimum atomic E-state index is -0.718. The number of anilines is 1. The molecule has 1 aliphatic heterocycles. The first-order valence-electron chi connectivity index (χ1n) is 14.2.